The molecule has 2 nitrogen and oxygen atoms in total. The Morgan fingerprint density at radius 2 is 0.708 bits per heavy atom. The molecule has 0 spiro atoms. The van der Waals surface area contributed by atoms with Crippen molar-refractivity contribution in [3.05, 3.63) is 136 Å². The highest BCUT2D eigenvalue weighted by Gasteiger charge is 2.44. The average molecular weight is 968 g/mol. The Kier molecular flexibility index (Phi) is 20.7. The van der Waals surface area contributed by atoms with E-state index in [0.717, 1.165) is 29.5 Å². The quantitative estimate of drug-likeness (QED) is 0.0265. The first-order valence-electron chi connectivity index (χ1n) is 29.7. The van der Waals surface area contributed by atoms with E-state index in [-0.39, 0.29) is 22.4 Å². The fourth-order valence-electron chi connectivity index (χ4n) is 13.1. The highest BCUT2D eigenvalue weighted by molar-refractivity contribution is 5.94. The molecule has 0 heterocycles. The van der Waals surface area contributed by atoms with Gasteiger partial charge in [0, 0.05) is 22.5 Å². The van der Waals surface area contributed by atoms with Crippen LogP contribution in [0.4, 0.5) is 0 Å². The molecular weight excluding hydrogens is 873 g/mol. The third-order valence-electron chi connectivity index (χ3n) is 17.2. The molecule has 72 heavy (non-hydrogen) atoms. The second-order valence-electron chi connectivity index (χ2n) is 22.7. The normalized spacial score (nSPS) is 14.1. The lowest BCUT2D eigenvalue weighted by Crippen LogP contribution is -2.26. The number of rotatable bonds is 32. The van der Waals surface area contributed by atoms with Crippen LogP contribution in [-0.4, -0.2) is 10.9 Å². The van der Waals surface area contributed by atoms with Crippen molar-refractivity contribution in [2.45, 2.75) is 239 Å². The fraction of sp³-hybridized carbons (Fsp3) is 0.529. The summed E-state index contributed by atoms with van der Waals surface area (Å²) in [6, 6.07) is 36.2. The van der Waals surface area contributed by atoms with Crippen LogP contribution in [0, 0.1) is 13.8 Å². The van der Waals surface area contributed by atoms with Crippen LogP contribution in [0.2, 0.25) is 0 Å². The van der Waals surface area contributed by atoms with Gasteiger partial charge in [0.05, 0.1) is 0 Å². The Labute approximate surface area is 439 Å². The summed E-state index contributed by atoms with van der Waals surface area (Å²) in [6.45, 7) is 15.1. The molecule has 0 aromatic heterocycles. The zero-order valence-corrected chi connectivity index (χ0v) is 46.4. The van der Waals surface area contributed by atoms with Gasteiger partial charge in [-0.05, 0) is 143 Å². The van der Waals surface area contributed by atoms with Gasteiger partial charge in [0.1, 0.15) is 5.76 Å². The van der Waals surface area contributed by atoms with E-state index in [0.29, 0.717) is 0 Å². The maximum atomic E-state index is 12.1. The Hall–Kier alpha value is -4.69. The first kappa shape index (κ1) is 55.1. The molecule has 0 saturated heterocycles. The van der Waals surface area contributed by atoms with Crippen LogP contribution in [0.15, 0.2) is 97.1 Å². The van der Waals surface area contributed by atoms with Crippen LogP contribution in [0.3, 0.4) is 0 Å². The number of hydrogen-bond acceptors (Lipinski definition) is 2. The fourth-order valence-corrected chi connectivity index (χ4v) is 13.1. The maximum absolute atomic E-state index is 12.1. The lowest BCUT2D eigenvalue weighted by molar-refractivity contribution is -0.112. The maximum Gasteiger partial charge on any atom is 0.156 e. The van der Waals surface area contributed by atoms with Crippen LogP contribution >= 0.6 is 0 Å². The molecule has 0 atom stereocenters. The van der Waals surface area contributed by atoms with Crippen molar-refractivity contribution in [1.82, 2.24) is 0 Å². The number of unbranched alkanes of at least 4 members (excludes halogenated alkanes) is 20. The summed E-state index contributed by atoms with van der Waals surface area (Å²) >= 11 is 0. The smallest absolute Gasteiger partial charge is 0.156 e. The summed E-state index contributed by atoms with van der Waals surface area (Å²) in [6.07, 6.45) is 37.5. The zero-order valence-electron chi connectivity index (χ0n) is 46.4. The Morgan fingerprint density at radius 3 is 1.07 bits per heavy atom. The molecule has 0 bridgehead atoms. The standard InChI is InChI=1S/C70H94O2/c1-8-12-16-20-24-28-42-69(43-29-25-21-17-13-9-2)64-46-52(5)32-38-59(64)60-40-36-57(50-65(60)69)58-37-41-62-61-39-35-56(55-34-33-53(6)63(48-55)68(72)47-54(7)71)49-66(61)70(67(62)51-58,44-30-26-22-18-14-10-3)45-31-27-23-19-15-11-4/h32-41,46-51,72H,8-31,42-45H2,1-7H3. The molecule has 2 aliphatic carbocycles. The number of allylic oxidation sites excluding steroid dienone is 1. The van der Waals surface area contributed by atoms with E-state index >= 15 is 0 Å². The summed E-state index contributed by atoms with van der Waals surface area (Å²) in [5.41, 5.74) is 19.9. The number of carbonyl (C=O) groups excluding carboxylic acids is 1. The topological polar surface area (TPSA) is 37.3 Å². The van der Waals surface area contributed by atoms with Crippen LogP contribution in [0.25, 0.3) is 50.3 Å². The van der Waals surface area contributed by atoms with Gasteiger partial charge in [0.15, 0.2) is 5.78 Å². The lowest BCUT2D eigenvalue weighted by Gasteiger charge is -2.34. The van der Waals surface area contributed by atoms with Crippen molar-refractivity contribution in [3.63, 3.8) is 0 Å². The van der Waals surface area contributed by atoms with Crippen LogP contribution in [0.1, 0.15) is 253 Å². The summed E-state index contributed by atoms with van der Waals surface area (Å²) in [4.78, 5) is 12.1. The third-order valence-corrected chi connectivity index (χ3v) is 17.2. The van der Waals surface area contributed by atoms with Crippen molar-refractivity contribution in [2.75, 3.05) is 0 Å². The Balaban J connectivity index is 1.34. The van der Waals surface area contributed by atoms with Crippen molar-refractivity contribution in [3.8, 4) is 44.5 Å². The number of aryl methyl sites for hydroxylation is 2. The van der Waals surface area contributed by atoms with Gasteiger partial charge in [-0.15, -0.1) is 0 Å². The largest absolute Gasteiger partial charge is 0.507 e. The van der Waals surface area contributed by atoms with Gasteiger partial charge in [-0.1, -0.05) is 254 Å². The van der Waals surface area contributed by atoms with Gasteiger partial charge in [-0.3, -0.25) is 4.79 Å². The molecular formula is C70H94O2. The second kappa shape index (κ2) is 27.0. The van der Waals surface area contributed by atoms with Crippen molar-refractivity contribution in [2.24, 2.45) is 0 Å². The third kappa shape index (κ3) is 13.0. The molecule has 2 heteroatoms. The van der Waals surface area contributed by atoms with Gasteiger partial charge in [0.25, 0.3) is 0 Å². The van der Waals surface area contributed by atoms with Gasteiger partial charge in [-0.25, -0.2) is 0 Å². The number of aliphatic hydroxyl groups is 1. The van der Waals surface area contributed by atoms with Crippen LogP contribution < -0.4 is 0 Å². The molecule has 7 rings (SSSR count). The van der Waals surface area contributed by atoms with E-state index in [1.165, 1.54) is 236 Å². The van der Waals surface area contributed by atoms with E-state index in [1.54, 1.807) is 11.1 Å². The summed E-state index contributed by atoms with van der Waals surface area (Å²) in [7, 11) is 0. The lowest BCUT2D eigenvalue weighted by atomic mass is 9.69. The monoisotopic (exact) mass is 967 g/mol. The zero-order chi connectivity index (χ0) is 50.9. The Morgan fingerprint density at radius 1 is 0.403 bits per heavy atom. The first-order chi connectivity index (χ1) is 35.1. The van der Waals surface area contributed by atoms with Gasteiger partial charge in [-0.2, -0.15) is 0 Å². The molecule has 0 amide bonds. The first-order valence-corrected chi connectivity index (χ1v) is 29.7. The van der Waals surface area contributed by atoms with E-state index < -0.39 is 0 Å². The van der Waals surface area contributed by atoms with E-state index in [2.05, 4.69) is 126 Å². The molecule has 2 aliphatic rings. The molecule has 386 valence electrons. The van der Waals surface area contributed by atoms with Gasteiger partial charge in [0.2, 0.25) is 0 Å². The summed E-state index contributed by atoms with van der Waals surface area (Å²) in [5, 5.41) is 11.1. The molecule has 1 N–H and O–H groups in total. The number of benzene rings is 5. The van der Waals surface area contributed by atoms with E-state index in [9.17, 15) is 9.90 Å². The SMILES string of the molecule is CCCCCCCCC1(CCCCCCCC)c2cc(C)ccc2-c2ccc(-c3ccc4c(c3)C(CCCCCCCC)(CCCCCCCC)c3cc(-c5ccc(C)c(C(O)=CC(C)=O)c5)ccc3-4)cc21. The molecule has 0 aliphatic heterocycles. The average Bonchev–Trinajstić information content (AvgIpc) is 3.80. The van der Waals surface area contributed by atoms with Gasteiger partial charge < -0.3 is 5.11 Å². The minimum absolute atomic E-state index is 0.0380. The van der Waals surface area contributed by atoms with Gasteiger partial charge >= 0.3 is 0 Å². The van der Waals surface area contributed by atoms with E-state index in [1.807, 2.05) is 6.92 Å². The molecule has 0 saturated carbocycles. The molecule has 5 aromatic carbocycles. The number of carbonyl (C=O) groups is 1. The minimum Gasteiger partial charge on any atom is -0.507 e. The van der Waals surface area contributed by atoms with Crippen molar-refractivity contribution >= 4 is 11.5 Å². The minimum atomic E-state index is -0.151. The Bertz CT molecular complexity index is 2530. The molecule has 0 unspecified atom stereocenters. The predicted octanol–water partition coefficient (Wildman–Crippen LogP) is 21.7. The van der Waals surface area contributed by atoms with E-state index in [4.69, 9.17) is 0 Å². The molecule has 0 fully saturated rings. The summed E-state index contributed by atoms with van der Waals surface area (Å²) < 4.78 is 0. The molecule has 0 radical (unpaired) electrons. The number of hydrogen-bond donors (Lipinski definition) is 1. The number of ketones is 1. The summed E-state index contributed by atoms with van der Waals surface area (Å²) in [5.74, 6) is -0.113. The highest BCUT2D eigenvalue weighted by Crippen LogP contribution is 2.58. The number of fused-ring (bicyclic) bond motifs is 6. The molecule has 5 aromatic rings. The van der Waals surface area contributed by atoms with Crippen molar-refractivity contribution in [1.29, 1.82) is 0 Å². The number of aliphatic hydroxyl groups excluding tert-OH is 1. The van der Waals surface area contributed by atoms with Crippen molar-refractivity contribution < 1.29 is 9.90 Å². The predicted molar refractivity (Wildman–Crippen MR) is 312 cm³/mol. The van der Waals surface area contributed by atoms with Crippen LogP contribution in [0.5, 0.6) is 0 Å². The second-order valence-corrected chi connectivity index (χ2v) is 22.7. The van der Waals surface area contributed by atoms with Crippen LogP contribution in [-0.2, 0) is 15.6 Å². The highest BCUT2D eigenvalue weighted by atomic mass is 16.3.